The molecule has 0 bridgehead atoms. The minimum Gasteiger partial charge on any atom is -0.493 e. The third-order valence-electron chi connectivity index (χ3n) is 3.32. The summed E-state index contributed by atoms with van der Waals surface area (Å²) < 4.78 is 39.6. The zero-order valence-electron chi connectivity index (χ0n) is 14.2. The van der Waals surface area contributed by atoms with Gasteiger partial charge < -0.3 is 19.5 Å². The van der Waals surface area contributed by atoms with Gasteiger partial charge in [-0.15, -0.1) is 0 Å². The van der Waals surface area contributed by atoms with E-state index in [1.807, 2.05) is 0 Å². The summed E-state index contributed by atoms with van der Waals surface area (Å²) in [5.74, 6) is 0.0989. The van der Waals surface area contributed by atoms with E-state index in [0.29, 0.717) is 11.4 Å². The average Bonchev–Trinajstić information content (AvgIpc) is 2.65. The second-order valence-electron chi connectivity index (χ2n) is 5.02. The number of nitrogens with zero attached hydrogens (tertiary/aromatic N) is 1. The van der Waals surface area contributed by atoms with Gasteiger partial charge in [0.15, 0.2) is 11.5 Å². The van der Waals surface area contributed by atoms with Crippen LogP contribution in [0, 0.1) is 0 Å². The lowest BCUT2D eigenvalue weighted by Gasteiger charge is -2.12. The number of hydrogen-bond acceptors (Lipinski definition) is 5. The normalized spacial score (nSPS) is 10.8. The van der Waals surface area contributed by atoms with E-state index in [4.69, 9.17) is 9.47 Å². The predicted octanol–water partition coefficient (Wildman–Crippen LogP) is 3.03. The van der Waals surface area contributed by atoms with Gasteiger partial charge in [-0.05, 0) is 17.7 Å². The number of rotatable bonds is 8. The van der Waals surface area contributed by atoms with Crippen LogP contribution in [0.5, 0.6) is 17.4 Å². The minimum absolute atomic E-state index is 0.131. The molecule has 0 radical (unpaired) electrons. The molecule has 0 spiro atoms. The zero-order chi connectivity index (χ0) is 18.9. The number of halogens is 2. The van der Waals surface area contributed by atoms with E-state index in [9.17, 15) is 13.6 Å². The molecule has 0 aliphatic carbocycles. The molecule has 1 amide bonds. The SMILES string of the molecule is COc1ccc(CNC(=O)/C=C/c2cccc(OC)c2OC(F)F)cn1. The Balaban J connectivity index is 2.02. The molecule has 1 aromatic carbocycles. The summed E-state index contributed by atoms with van der Waals surface area (Å²) in [7, 11) is 2.86. The maximum Gasteiger partial charge on any atom is 0.387 e. The van der Waals surface area contributed by atoms with Crippen molar-refractivity contribution in [2.24, 2.45) is 0 Å². The molecular formula is C18H18F2N2O4. The van der Waals surface area contributed by atoms with Crippen LogP contribution in [0.3, 0.4) is 0 Å². The summed E-state index contributed by atoms with van der Waals surface area (Å²) in [6.07, 6.45) is 4.19. The van der Waals surface area contributed by atoms with E-state index < -0.39 is 12.5 Å². The number of benzene rings is 1. The first kappa shape index (κ1) is 19.2. The fourth-order valence-electron chi connectivity index (χ4n) is 2.09. The Morgan fingerprint density at radius 2 is 2.04 bits per heavy atom. The molecule has 0 atom stereocenters. The van der Waals surface area contributed by atoms with Crippen LogP contribution in [-0.4, -0.2) is 31.7 Å². The topological polar surface area (TPSA) is 69.7 Å². The standard InChI is InChI=1S/C18H18F2N2O4/c1-24-14-5-3-4-13(17(14)26-18(19)20)7-8-15(23)21-10-12-6-9-16(25-2)22-11-12/h3-9,11,18H,10H2,1-2H3,(H,21,23)/b8-7+. The molecule has 8 heteroatoms. The molecule has 1 N–H and O–H groups in total. The quantitative estimate of drug-likeness (QED) is 0.729. The monoisotopic (exact) mass is 364 g/mol. The first-order chi connectivity index (χ1) is 12.5. The van der Waals surface area contributed by atoms with Gasteiger partial charge in [-0.1, -0.05) is 18.2 Å². The van der Waals surface area contributed by atoms with Crippen molar-refractivity contribution in [1.29, 1.82) is 0 Å². The maximum absolute atomic E-state index is 12.6. The van der Waals surface area contributed by atoms with E-state index in [2.05, 4.69) is 15.0 Å². The highest BCUT2D eigenvalue weighted by atomic mass is 19.3. The van der Waals surface area contributed by atoms with Crippen LogP contribution in [-0.2, 0) is 11.3 Å². The lowest BCUT2D eigenvalue weighted by atomic mass is 10.1. The number of aromatic nitrogens is 1. The van der Waals surface area contributed by atoms with Crippen LogP contribution in [0.4, 0.5) is 8.78 Å². The van der Waals surface area contributed by atoms with E-state index in [-0.39, 0.29) is 18.0 Å². The molecule has 2 aromatic rings. The fourth-order valence-corrected chi connectivity index (χ4v) is 2.09. The smallest absolute Gasteiger partial charge is 0.387 e. The van der Waals surface area contributed by atoms with Crippen molar-refractivity contribution in [3.05, 3.63) is 53.7 Å². The Kier molecular flexibility index (Phi) is 6.90. The summed E-state index contributed by atoms with van der Waals surface area (Å²) >= 11 is 0. The minimum atomic E-state index is -3.00. The Bertz CT molecular complexity index is 764. The van der Waals surface area contributed by atoms with Crippen molar-refractivity contribution in [2.75, 3.05) is 14.2 Å². The predicted molar refractivity (Wildman–Crippen MR) is 91.3 cm³/mol. The highest BCUT2D eigenvalue weighted by Gasteiger charge is 2.14. The Morgan fingerprint density at radius 1 is 1.23 bits per heavy atom. The third-order valence-corrected chi connectivity index (χ3v) is 3.32. The fraction of sp³-hybridized carbons (Fsp3) is 0.222. The van der Waals surface area contributed by atoms with Crippen LogP contribution in [0.15, 0.2) is 42.6 Å². The van der Waals surface area contributed by atoms with Crippen molar-refractivity contribution in [3.8, 4) is 17.4 Å². The van der Waals surface area contributed by atoms with Gasteiger partial charge in [0.25, 0.3) is 0 Å². The lowest BCUT2D eigenvalue weighted by Crippen LogP contribution is -2.20. The number of nitrogens with one attached hydrogen (secondary N) is 1. The van der Waals surface area contributed by atoms with Crippen LogP contribution < -0.4 is 19.5 Å². The Hall–Kier alpha value is -3.16. The number of para-hydroxylation sites is 1. The van der Waals surface area contributed by atoms with Gasteiger partial charge in [-0.3, -0.25) is 4.79 Å². The second-order valence-corrected chi connectivity index (χ2v) is 5.02. The van der Waals surface area contributed by atoms with Crippen LogP contribution in [0.25, 0.3) is 6.08 Å². The van der Waals surface area contributed by atoms with Crippen molar-refractivity contribution in [1.82, 2.24) is 10.3 Å². The molecule has 0 saturated heterocycles. The Morgan fingerprint density at radius 3 is 2.65 bits per heavy atom. The van der Waals surface area contributed by atoms with Crippen LogP contribution in [0.2, 0.25) is 0 Å². The number of pyridine rings is 1. The number of hydrogen-bond donors (Lipinski definition) is 1. The van der Waals surface area contributed by atoms with E-state index in [0.717, 1.165) is 5.56 Å². The number of carbonyl (C=O) groups excluding carboxylic acids is 1. The van der Waals surface area contributed by atoms with Crippen LogP contribution >= 0.6 is 0 Å². The molecule has 6 nitrogen and oxygen atoms in total. The van der Waals surface area contributed by atoms with Gasteiger partial charge in [0.05, 0.1) is 14.2 Å². The number of alkyl halides is 2. The number of ether oxygens (including phenoxy) is 3. The molecule has 26 heavy (non-hydrogen) atoms. The molecule has 1 heterocycles. The van der Waals surface area contributed by atoms with E-state index in [1.54, 1.807) is 24.4 Å². The second kappa shape index (κ2) is 9.36. The Labute approximate surface area is 149 Å². The van der Waals surface area contributed by atoms with Crippen molar-refractivity contribution in [3.63, 3.8) is 0 Å². The zero-order valence-corrected chi connectivity index (χ0v) is 14.2. The molecule has 2 rings (SSSR count). The van der Waals surface area contributed by atoms with Crippen LogP contribution in [0.1, 0.15) is 11.1 Å². The molecule has 0 aliphatic heterocycles. The molecule has 0 aliphatic rings. The summed E-state index contributed by atoms with van der Waals surface area (Å²) in [4.78, 5) is 16.0. The summed E-state index contributed by atoms with van der Waals surface area (Å²) in [6.45, 7) is -2.74. The first-order valence-electron chi connectivity index (χ1n) is 7.60. The van der Waals surface area contributed by atoms with Gasteiger partial charge in [0, 0.05) is 30.4 Å². The van der Waals surface area contributed by atoms with Crippen molar-refractivity contribution >= 4 is 12.0 Å². The van der Waals surface area contributed by atoms with Gasteiger partial charge in [-0.25, -0.2) is 4.98 Å². The summed E-state index contributed by atoms with van der Waals surface area (Å²) in [6, 6.07) is 8.09. The molecule has 0 unspecified atom stereocenters. The largest absolute Gasteiger partial charge is 0.493 e. The third kappa shape index (κ3) is 5.44. The number of methoxy groups -OCH3 is 2. The van der Waals surface area contributed by atoms with Crippen molar-refractivity contribution in [2.45, 2.75) is 13.2 Å². The van der Waals surface area contributed by atoms with E-state index >= 15 is 0 Å². The lowest BCUT2D eigenvalue weighted by molar-refractivity contribution is -0.116. The molecular weight excluding hydrogens is 346 g/mol. The number of carbonyl (C=O) groups is 1. The molecule has 138 valence electrons. The van der Waals surface area contributed by atoms with Gasteiger partial charge in [0.2, 0.25) is 11.8 Å². The molecule has 0 saturated carbocycles. The summed E-state index contributed by atoms with van der Waals surface area (Å²) in [5.41, 5.74) is 1.08. The summed E-state index contributed by atoms with van der Waals surface area (Å²) in [5, 5.41) is 2.67. The van der Waals surface area contributed by atoms with Crippen molar-refractivity contribution < 1.29 is 27.8 Å². The maximum atomic E-state index is 12.6. The highest BCUT2D eigenvalue weighted by Crippen LogP contribution is 2.33. The highest BCUT2D eigenvalue weighted by molar-refractivity contribution is 5.92. The first-order valence-corrected chi connectivity index (χ1v) is 7.60. The van der Waals surface area contributed by atoms with Gasteiger partial charge >= 0.3 is 6.61 Å². The van der Waals surface area contributed by atoms with Gasteiger partial charge in [0.1, 0.15) is 0 Å². The van der Waals surface area contributed by atoms with E-state index in [1.165, 1.54) is 38.5 Å². The average molecular weight is 364 g/mol. The number of amides is 1. The molecule has 1 aromatic heterocycles. The molecule has 0 fully saturated rings. The van der Waals surface area contributed by atoms with Gasteiger partial charge in [-0.2, -0.15) is 8.78 Å².